The van der Waals surface area contributed by atoms with Gasteiger partial charge in [-0.05, 0) is 89.7 Å². The van der Waals surface area contributed by atoms with E-state index in [0.29, 0.717) is 67.6 Å². The molecule has 0 aromatic heterocycles. The van der Waals surface area contributed by atoms with Crippen LogP contribution < -0.4 is 15.0 Å². The third kappa shape index (κ3) is 9.73. The minimum Gasteiger partial charge on any atom is -0.490 e. The van der Waals surface area contributed by atoms with Crippen molar-refractivity contribution in [2.75, 3.05) is 58.0 Å². The van der Waals surface area contributed by atoms with Gasteiger partial charge in [0.05, 0.1) is 35.9 Å². The summed E-state index contributed by atoms with van der Waals surface area (Å²) in [7, 11) is -4.67. The predicted molar refractivity (Wildman–Crippen MR) is 227 cm³/mol. The molecule has 3 aromatic rings. The minimum atomic E-state index is -4.03. The molecule has 2 aliphatic heterocycles. The Kier molecular flexibility index (Phi) is 14.4. The number of fused-ring (bicyclic) bond motifs is 1. The Balaban J connectivity index is 1.41. The lowest BCUT2D eigenvalue weighted by molar-refractivity contribution is -0.0365. The van der Waals surface area contributed by atoms with Gasteiger partial charge in [-0.25, -0.2) is 8.42 Å². The zero-order valence-corrected chi connectivity index (χ0v) is 36.8. The SMILES string of the molecule is COCCCN1CCOc2ccc(C(O[C@H]3CNC[C@@H](O[Si](C(C)C)(C(C)C)C(C)C)[C@@H]3c3ccc(COCC4CC4)cc3)S(=O)(=O)c3ccc(C)cc3)cc21. The number of rotatable bonds is 19. The molecule has 1 N–H and O–H groups in total. The normalized spacial score (nSPS) is 21.1. The fourth-order valence-corrected chi connectivity index (χ4v) is 16.2. The zero-order valence-electron chi connectivity index (χ0n) is 35.0. The fraction of sp³-hybridized carbons (Fsp3) is 0.600. The molecule has 0 bridgehead atoms. The van der Waals surface area contributed by atoms with Gasteiger partial charge >= 0.3 is 0 Å². The molecule has 0 spiro atoms. The molecule has 308 valence electrons. The number of hydrogen-bond donors (Lipinski definition) is 1. The molecule has 0 amide bonds. The van der Waals surface area contributed by atoms with E-state index in [1.807, 2.05) is 37.3 Å². The van der Waals surface area contributed by atoms with Crippen molar-refractivity contribution in [2.24, 2.45) is 5.92 Å². The molecule has 2 fully saturated rings. The Labute approximate surface area is 337 Å². The summed E-state index contributed by atoms with van der Waals surface area (Å²) in [5, 5.41) is 3.64. The summed E-state index contributed by atoms with van der Waals surface area (Å²) in [6, 6.07) is 21.5. The van der Waals surface area contributed by atoms with Crippen LogP contribution in [0.1, 0.15) is 94.4 Å². The third-order valence-corrected chi connectivity index (χ3v) is 20.2. The highest BCUT2D eigenvalue weighted by Gasteiger charge is 2.50. The highest BCUT2D eigenvalue weighted by atomic mass is 32.2. The fourth-order valence-electron chi connectivity index (χ4n) is 9.08. The first kappa shape index (κ1) is 42.8. The van der Waals surface area contributed by atoms with Crippen LogP contribution in [0.2, 0.25) is 16.6 Å². The van der Waals surface area contributed by atoms with E-state index in [4.69, 9.17) is 23.4 Å². The molecule has 6 rings (SSSR count). The standard InChI is InChI=1S/C45H66N2O7SSi/c1-31(2)56(32(3)4,33(5)6)54-43-28-46-27-42(44(43)37-16-14-36(15-17-37)30-51-29-35-12-13-35)53-45(55(48,49)39-19-10-34(7)11-20-39)38-18-21-41-40(26-38)47(23-25-52-41)22-9-24-50-8/h10-11,14-21,26,31-33,35,42-46H,9,12-13,22-25,27-30H2,1-8H3/t42-,43+,44+,45?/m0/s1. The van der Waals surface area contributed by atoms with Crippen molar-refractivity contribution < 1.29 is 31.8 Å². The van der Waals surface area contributed by atoms with E-state index in [9.17, 15) is 8.42 Å². The zero-order chi connectivity index (χ0) is 40.0. The summed E-state index contributed by atoms with van der Waals surface area (Å²) < 4.78 is 62.1. The molecule has 1 unspecified atom stereocenters. The van der Waals surface area contributed by atoms with E-state index in [2.05, 4.69) is 76.0 Å². The van der Waals surface area contributed by atoms with Crippen molar-refractivity contribution in [1.29, 1.82) is 0 Å². The van der Waals surface area contributed by atoms with E-state index in [1.165, 1.54) is 12.8 Å². The van der Waals surface area contributed by atoms with Gasteiger partial charge in [-0.2, -0.15) is 0 Å². The molecule has 4 atom stereocenters. The summed E-state index contributed by atoms with van der Waals surface area (Å²) in [6.45, 7) is 21.0. The Morgan fingerprint density at radius 1 is 0.893 bits per heavy atom. The topological polar surface area (TPSA) is 95.6 Å². The number of hydrogen-bond acceptors (Lipinski definition) is 9. The Bertz CT molecular complexity index is 1790. The molecule has 3 aromatic carbocycles. The molecule has 9 nitrogen and oxygen atoms in total. The average molecular weight is 807 g/mol. The second kappa shape index (κ2) is 18.9. The number of benzene rings is 3. The molecule has 1 saturated heterocycles. The third-order valence-electron chi connectivity index (χ3n) is 12.2. The lowest BCUT2D eigenvalue weighted by Gasteiger charge is -2.49. The van der Waals surface area contributed by atoms with Gasteiger partial charge in [-0.15, -0.1) is 0 Å². The first-order valence-corrected chi connectivity index (χ1v) is 24.6. The summed E-state index contributed by atoms with van der Waals surface area (Å²) in [5.41, 5.74) is 4.53. The molecule has 0 radical (unpaired) electrons. The largest absolute Gasteiger partial charge is 0.490 e. The Morgan fingerprint density at radius 3 is 2.21 bits per heavy atom. The van der Waals surface area contributed by atoms with Crippen LogP contribution in [0.15, 0.2) is 71.6 Å². The number of piperidine rings is 1. The lowest BCUT2D eigenvalue weighted by atomic mass is 9.85. The van der Waals surface area contributed by atoms with Crippen molar-refractivity contribution in [1.82, 2.24) is 5.32 Å². The second-order valence-electron chi connectivity index (χ2n) is 17.1. The number of aryl methyl sites for hydroxylation is 1. The lowest BCUT2D eigenvalue weighted by Crippen LogP contribution is -2.58. The van der Waals surface area contributed by atoms with Crippen molar-refractivity contribution in [3.05, 3.63) is 89.0 Å². The van der Waals surface area contributed by atoms with E-state index in [0.717, 1.165) is 47.7 Å². The van der Waals surface area contributed by atoms with Crippen LogP contribution in [-0.2, 0) is 35.1 Å². The molecule has 2 heterocycles. The van der Waals surface area contributed by atoms with Crippen LogP contribution in [0.25, 0.3) is 0 Å². The van der Waals surface area contributed by atoms with Gasteiger partial charge in [-0.3, -0.25) is 0 Å². The van der Waals surface area contributed by atoms with Crippen LogP contribution >= 0.6 is 0 Å². The maximum atomic E-state index is 15.0. The van der Waals surface area contributed by atoms with Gasteiger partial charge in [0.2, 0.25) is 18.2 Å². The van der Waals surface area contributed by atoms with Gasteiger partial charge in [0.25, 0.3) is 0 Å². The van der Waals surface area contributed by atoms with Crippen molar-refractivity contribution in [3.63, 3.8) is 0 Å². The van der Waals surface area contributed by atoms with Crippen molar-refractivity contribution in [2.45, 2.75) is 119 Å². The minimum absolute atomic E-state index is 0.219. The first-order valence-electron chi connectivity index (χ1n) is 20.9. The first-order chi connectivity index (χ1) is 26.8. The van der Waals surface area contributed by atoms with Crippen molar-refractivity contribution in [3.8, 4) is 5.75 Å². The van der Waals surface area contributed by atoms with Crippen LogP contribution in [-0.4, -0.2) is 82.1 Å². The summed E-state index contributed by atoms with van der Waals surface area (Å²) in [6.07, 6.45) is 2.63. The number of ether oxygens (including phenoxy) is 4. The van der Waals surface area contributed by atoms with Gasteiger partial charge in [-0.1, -0.05) is 89.6 Å². The van der Waals surface area contributed by atoms with Crippen LogP contribution in [0.4, 0.5) is 5.69 Å². The molecular weight excluding hydrogens is 741 g/mol. The van der Waals surface area contributed by atoms with Crippen LogP contribution in [0.3, 0.4) is 0 Å². The highest BCUT2D eigenvalue weighted by Crippen LogP contribution is 2.47. The summed E-state index contributed by atoms with van der Waals surface area (Å²) in [4.78, 5) is 2.49. The van der Waals surface area contributed by atoms with Gasteiger partial charge < -0.3 is 33.6 Å². The number of nitrogens with zero attached hydrogens (tertiary/aromatic N) is 1. The molecular formula is C45H66N2O7SSi. The molecule has 11 heteroatoms. The quantitative estimate of drug-likeness (QED) is 0.0942. The van der Waals surface area contributed by atoms with Gasteiger partial charge in [0.1, 0.15) is 12.4 Å². The monoisotopic (exact) mass is 806 g/mol. The maximum absolute atomic E-state index is 15.0. The van der Waals surface area contributed by atoms with Gasteiger partial charge in [0, 0.05) is 45.9 Å². The number of sulfone groups is 1. The molecule has 1 saturated carbocycles. The maximum Gasteiger partial charge on any atom is 0.209 e. The van der Waals surface area contributed by atoms with E-state index >= 15 is 0 Å². The van der Waals surface area contributed by atoms with Crippen LogP contribution in [0.5, 0.6) is 5.75 Å². The molecule has 56 heavy (non-hydrogen) atoms. The Morgan fingerprint density at radius 2 is 1.57 bits per heavy atom. The average Bonchev–Trinajstić information content (AvgIpc) is 4.01. The number of methoxy groups -OCH3 is 1. The van der Waals surface area contributed by atoms with Gasteiger partial charge in [0.15, 0.2) is 5.44 Å². The van der Waals surface area contributed by atoms with Crippen molar-refractivity contribution >= 4 is 23.8 Å². The van der Waals surface area contributed by atoms with E-state index in [-0.39, 0.29) is 16.9 Å². The summed E-state index contributed by atoms with van der Waals surface area (Å²) in [5.74, 6) is 1.23. The number of nitrogens with one attached hydrogen (secondary N) is 1. The Hall–Kier alpha value is -2.77. The highest BCUT2D eigenvalue weighted by molar-refractivity contribution is 7.91. The smallest absolute Gasteiger partial charge is 0.209 e. The van der Waals surface area contributed by atoms with E-state index < -0.39 is 29.7 Å². The predicted octanol–water partition coefficient (Wildman–Crippen LogP) is 8.96. The van der Waals surface area contributed by atoms with Crippen LogP contribution in [0, 0.1) is 12.8 Å². The van der Waals surface area contributed by atoms with E-state index in [1.54, 1.807) is 19.2 Å². The second-order valence-corrected chi connectivity index (χ2v) is 24.5. The molecule has 3 aliphatic rings. The molecule has 1 aliphatic carbocycles. The number of anilines is 1. The summed E-state index contributed by atoms with van der Waals surface area (Å²) >= 11 is 0.